The quantitative estimate of drug-likeness (QED) is 0.529. The van der Waals surface area contributed by atoms with Gasteiger partial charge in [-0.3, -0.25) is 0 Å². The molecule has 1 radical (unpaired) electrons. The van der Waals surface area contributed by atoms with Crippen LogP contribution in [0.3, 0.4) is 0 Å². The van der Waals surface area contributed by atoms with Gasteiger partial charge in [0.25, 0.3) is 0 Å². The second-order valence-corrected chi connectivity index (χ2v) is 2.69. The van der Waals surface area contributed by atoms with Crippen LogP contribution in [0.2, 0.25) is 0 Å². The molecule has 0 aliphatic heterocycles. The lowest BCUT2D eigenvalue weighted by molar-refractivity contribution is 0.171. The zero-order chi connectivity index (χ0) is 6.15. The van der Waals surface area contributed by atoms with E-state index in [-0.39, 0.29) is 0 Å². The van der Waals surface area contributed by atoms with Crippen molar-refractivity contribution in [2.45, 2.75) is 26.4 Å². The van der Waals surface area contributed by atoms with Crippen LogP contribution in [-0.2, 0) is 4.74 Å². The third-order valence-corrected chi connectivity index (χ3v) is 1.78. The first-order valence-corrected chi connectivity index (χ1v) is 3.08. The van der Waals surface area contributed by atoms with Crippen LogP contribution >= 0.6 is 0 Å². The van der Waals surface area contributed by atoms with Crippen molar-refractivity contribution in [2.24, 2.45) is 5.92 Å². The lowest BCUT2D eigenvalue weighted by atomic mass is 10.1. The molecule has 1 nitrogen and oxygen atoms in total. The molecule has 2 atom stereocenters. The fraction of sp³-hybridized carbons (Fsp3) is 0.857. The van der Waals surface area contributed by atoms with Crippen molar-refractivity contribution in [1.29, 1.82) is 0 Å². The van der Waals surface area contributed by atoms with Gasteiger partial charge in [-0.15, -0.1) is 0 Å². The van der Waals surface area contributed by atoms with Gasteiger partial charge in [0.05, 0.1) is 6.10 Å². The molecule has 2 unspecified atom stereocenters. The van der Waals surface area contributed by atoms with E-state index in [2.05, 4.69) is 13.8 Å². The molecule has 0 aromatic heterocycles. The van der Waals surface area contributed by atoms with Crippen molar-refractivity contribution in [3.63, 3.8) is 0 Å². The summed E-state index contributed by atoms with van der Waals surface area (Å²) >= 11 is 0. The van der Waals surface area contributed by atoms with Crippen molar-refractivity contribution < 1.29 is 4.74 Å². The largest absolute Gasteiger partial charge is 0.381 e. The normalized spacial score (nSPS) is 36.0. The van der Waals surface area contributed by atoms with Crippen LogP contribution in [0.25, 0.3) is 0 Å². The summed E-state index contributed by atoms with van der Waals surface area (Å²) in [5, 5.41) is 0. The van der Waals surface area contributed by atoms with Crippen molar-refractivity contribution in [3.05, 3.63) is 5.92 Å². The first-order valence-electron chi connectivity index (χ1n) is 3.08. The Morgan fingerprint density at radius 2 is 2.12 bits per heavy atom. The SMILES string of the molecule is COC1CC1[C](C)C. The zero-order valence-electron chi connectivity index (χ0n) is 5.77. The fourth-order valence-corrected chi connectivity index (χ4v) is 1.04. The Hall–Kier alpha value is -0.0400. The van der Waals surface area contributed by atoms with Gasteiger partial charge in [0.2, 0.25) is 0 Å². The highest BCUT2D eigenvalue weighted by molar-refractivity contribution is 5.03. The van der Waals surface area contributed by atoms with E-state index in [4.69, 9.17) is 4.74 Å². The summed E-state index contributed by atoms with van der Waals surface area (Å²) in [6.07, 6.45) is 1.80. The zero-order valence-corrected chi connectivity index (χ0v) is 5.77. The van der Waals surface area contributed by atoms with Gasteiger partial charge in [0.15, 0.2) is 0 Å². The van der Waals surface area contributed by atoms with E-state index >= 15 is 0 Å². The molecule has 1 aliphatic carbocycles. The molecule has 0 heterocycles. The van der Waals surface area contributed by atoms with Crippen LogP contribution in [0.15, 0.2) is 0 Å². The molecule has 0 N–H and O–H groups in total. The Bertz CT molecular complexity index is 78.5. The maximum absolute atomic E-state index is 5.11. The number of hydrogen-bond donors (Lipinski definition) is 0. The van der Waals surface area contributed by atoms with E-state index in [1.807, 2.05) is 0 Å². The predicted molar refractivity (Wildman–Crippen MR) is 33.5 cm³/mol. The number of rotatable bonds is 2. The van der Waals surface area contributed by atoms with Crippen LogP contribution in [0.4, 0.5) is 0 Å². The fourth-order valence-electron chi connectivity index (χ4n) is 1.04. The molecule has 0 aromatic carbocycles. The predicted octanol–water partition coefficient (Wildman–Crippen LogP) is 1.64. The maximum atomic E-state index is 5.11. The van der Waals surface area contributed by atoms with Crippen LogP contribution < -0.4 is 0 Å². The molecule has 0 aromatic rings. The first-order chi connectivity index (χ1) is 3.75. The second kappa shape index (κ2) is 2.06. The minimum atomic E-state index is 0.556. The van der Waals surface area contributed by atoms with Crippen molar-refractivity contribution >= 4 is 0 Å². The van der Waals surface area contributed by atoms with Crippen LogP contribution in [0, 0.1) is 11.8 Å². The van der Waals surface area contributed by atoms with E-state index in [0.717, 1.165) is 5.92 Å². The van der Waals surface area contributed by atoms with Gasteiger partial charge in [0, 0.05) is 7.11 Å². The van der Waals surface area contributed by atoms with Gasteiger partial charge in [-0.2, -0.15) is 0 Å². The topological polar surface area (TPSA) is 9.23 Å². The van der Waals surface area contributed by atoms with E-state index in [1.165, 1.54) is 12.3 Å². The first kappa shape index (κ1) is 6.09. The molecule has 1 heteroatoms. The molecule has 0 bridgehead atoms. The van der Waals surface area contributed by atoms with Gasteiger partial charge < -0.3 is 4.74 Å². The standard InChI is InChI=1S/C7H13O/c1-5(2)6-4-7(6)8-3/h6-7H,4H2,1-3H3. The smallest absolute Gasteiger partial charge is 0.0609 e. The highest BCUT2D eigenvalue weighted by Gasteiger charge is 2.39. The Kier molecular flexibility index (Phi) is 1.57. The van der Waals surface area contributed by atoms with Gasteiger partial charge >= 0.3 is 0 Å². The summed E-state index contributed by atoms with van der Waals surface area (Å²) in [4.78, 5) is 0. The van der Waals surface area contributed by atoms with Crippen molar-refractivity contribution in [3.8, 4) is 0 Å². The second-order valence-electron chi connectivity index (χ2n) is 2.69. The molecule has 8 heavy (non-hydrogen) atoms. The molecule has 1 fully saturated rings. The van der Waals surface area contributed by atoms with Gasteiger partial charge in [0.1, 0.15) is 0 Å². The number of methoxy groups -OCH3 is 1. The van der Waals surface area contributed by atoms with E-state index in [1.54, 1.807) is 7.11 Å². The molecule has 0 spiro atoms. The maximum Gasteiger partial charge on any atom is 0.0609 e. The van der Waals surface area contributed by atoms with Crippen LogP contribution in [-0.4, -0.2) is 13.2 Å². The van der Waals surface area contributed by atoms with Gasteiger partial charge in [-0.1, -0.05) is 13.8 Å². The lowest BCUT2D eigenvalue weighted by Gasteiger charge is -1.98. The summed E-state index contributed by atoms with van der Waals surface area (Å²) in [6, 6.07) is 0. The summed E-state index contributed by atoms with van der Waals surface area (Å²) in [6.45, 7) is 4.34. The highest BCUT2D eigenvalue weighted by atomic mass is 16.5. The highest BCUT2D eigenvalue weighted by Crippen LogP contribution is 2.40. The van der Waals surface area contributed by atoms with E-state index in [0.29, 0.717) is 6.10 Å². The molecule has 1 rings (SSSR count). The van der Waals surface area contributed by atoms with Crippen LogP contribution in [0.5, 0.6) is 0 Å². The molecule has 1 aliphatic rings. The average molecular weight is 113 g/mol. The summed E-state index contributed by atoms with van der Waals surface area (Å²) in [7, 11) is 1.79. The lowest BCUT2D eigenvalue weighted by Crippen LogP contribution is -1.95. The third kappa shape index (κ3) is 1.03. The monoisotopic (exact) mass is 113 g/mol. The molecular weight excluding hydrogens is 100 g/mol. The van der Waals surface area contributed by atoms with E-state index < -0.39 is 0 Å². The Labute approximate surface area is 51.0 Å². The Morgan fingerprint density at radius 1 is 1.50 bits per heavy atom. The van der Waals surface area contributed by atoms with Gasteiger partial charge in [-0.05, 0) is 18.3 Å². The molecule has 0 amide bonds. The molecule has 47 valence electrons. The molecular formula is C7H13O. The molecule has 0 saturated heterocycles. The molecule has 1 saturated carbocycles. The minimum absolute atomic E-state index is 0.556. The Balaban J connectivity index is 2.16. The van der Waals surface area contributed by atoms with Crippen molar-refractivity contribution in [1.82, 2.24) is 0 Å². The minimum Gasteiger partial charge on any atom is -0.381 e. The summed E-state index contributed by atoms with van der Waals surface area (Å²) < 4.78 is 5.11. The van der Waals surface area contributed by atoms with Gasteiger partial charge in [-0.25, -0.2) is 0 Å². The third-order valence-electron chi connectivity index (χ3n) is 1.78. The Morgan fingerprint density at radius 3 is 2.25 bits per heavy atom. The van der Waals surface area contributed by atoms with Crippen LogP contribution in [0.1, 0.15) is 20.3 Å². The van der Waals surface area contributed by atoms with E-state index in [9.17, 15) is 0 Å². The number of ether oxygens (including phenoxy) is 1. The summed E-state index contributed by atoms with van der Waals surface area (Å²) in [5.74, 6) is 2.29. The number of hydrogen-bond acceptors (Lipinski definition) is 1. The average Bonchev–Trinajstić information content (AvgIpc) is 2.42. The van der Waals surface area contributed by atoms with Crippen molar-refractivity contribution in [2.75, 3.05) is 7.11 Å². The summed E-state index contributed by atoms with van der Waals surface area (Å²) in [5.41, 5.74) is 0.